The first-order valence-corrected chi connectivity index (χ1v) is 11.0. The van der Waals surface area contributed by atoms with E-state index >= 15 is 0 Å². The fraction of sp³-hybridized carbons (Fsp3) is 0.368. The molecule has 0 fully saturated rings. The minimum atomic E-state index is -3.33. The van der Waals surface area contributed by atoms with Crippen molar-refractivity contribution in [1.29, 1.82) is 0 Å². The number of pyridine rings is 1. The van der Waals surface area contributed by atoms with Gasteiger partial charge in [-0.3, -0.25) is 9.78 Å². The van der Waals surface area contributed by atoms with Crippen LogP contribution in [-0.4, -0.2) is 25.1 Å². The first-order valence-electron chi connectivity index (χ1n) is 8.96. The average Bonchev–Trinajstić information content (AvgIpc) is 2.97. The number of hydrogen-bond acceptors (Lipinski definition) is 4. The Morgan fingerprint density at radius 2 is 2.15 bits per heavy atom. The summed E-state index contributed by atoms with van der Waals surface area (Å²) >= 11 is 6.07. The highest BCUT2D eigenvalue weighted by Gasteiger charge is 2.33. The third-order valence-electron chi connectivity index (χ3n) is 5.23. The van der Waals surface area contributed by atoms with E-state index in [4.69, 9.17) is 11.6 Å². The molecule has 1 aromatic carbocycles. The number of halogens is 1. The predicted molar refractivity (Wildman–Crippen MR) is 104 cm³/mol. The zero-order valence-electron chi connectivity index (χ0n) is 14.9. The van der Waals surface area contributed by atoms with Gasteiger partial charge in [-0.05, 0) is 61.1 Å². The summed E-state index contributed by atoms with van der Waals surface area (Å²) in [5.41, 5.74) is 4.15. The van der Waals surface area contributed by atoms with Crippen molar-refractivity contribution < 1.29 is 13.2 Å². The maximum absolute atomic E-state index is 12.9. The number of carbonyl (C=O) groups excluding carboxylic acids is 1. The quantitative estimate of drug-likeness (QED) is 0.847. The van der Waals surface area contributed by atoms with E-state index in [-0.39, 0.29) is 17.7 Å². The van der Waals surface area contributed by atoms with Gasteiger partial charge in [0.25, 0.3) is 5.91 Å². The summed E-state index contributed by atoms with van der Waals surface area (Å²) in [6, 6.07) is 4.98. The molecule has 142 valence electrons. The summed E-state index contributed by atoms with van der Waals surface area (Å²) < 4.78 is 26.9. The number of hydrogen-bond donors (Lipinski definition) is 1. The molecule has 1 amide bonds. The van der Waals surface area contributed by atoms with Crippen molar-refractivity contribution in [3.05, 3.63) is 57.9 Å². The van der Waals surface area contributed by atoms with Crippen molar-refractivity contribution in [3.63, 3.8) is 0 Å². The highest BCUT2D eigenvalue weighted by molar-refractivity contribution is 7.89. The molecule has 1 unspecified atom stereocenters. The first-order chi connectivity index (χ1) is 12.9. The number of anilines is 1. The molecule has 0 saturated heterocycles. The van der Waals surface area contributed by atoms with Crippen LogP contribution in [0.3, 0.4) is 0 Å². The number of benzene rings is 1. The van der Waals surface area contributed by atoms with Crippen molar-refractivity contribution in [1.82, 2.24) is 9.71 Å². The van der Waals surface area contributed by atoms with Gasteiger partial charge in [0.2, 0.25) is 10.0 Å². The molecule has 8 heteroatoms. The van der Waals surface area contributed by atoms with Crippen molar-refractivity contribution in [2.45, 2.75) is 38.8 Å². The Balaban J connectivity index is 1.71. The number of nitrogens with one attached hydrogen (secondary N) is 1. The standard InChI is InChI=1S/C19H20ClN3O3S/c1-2-27(25,26)22-17-5-3-4-15-16(17)9-21-10-18(15)23-11-12-8-13(20)6-7-14(12)19(23)24/h6-10,17,22H,2-5,11H2,1H3. The summed E-state index contributed by atoms with van der Waals surface area (Å²) in [5, 5.41) is 0.602. The Labute approximate surface area is 163 Å². The molecule has 2 heterocycles. The molecule has 2 aliphatic rings. The maximum atomic E-state index is 12.9. The Morgan fingerprint density at radius 1 is 1.33 bits per heavy atom. The van der Waals surface area contributed by atoms with Crippen LogP contribution in [0.5, 0.6) is 0 Å². The topological polar surface area (TPSA) is 79.4 Å². The Bertz CT molecular complexity index is 1020. The van der Waals surface area contributed by atoms with E-state index in [9.17, 15) is 13.2 Å². The normalized spacial score (nSPS) is 19.1. The molecule has 1 aliphatic heterocycles. The van der Waals surface area contributed by atoms with Crippen molar-refractivity contribution in [3.8, 4) is 0 Å². The smallest absolute Gasteiger partial charge is 0.258 e. The van der Waals surface area contributed by atoms with Crippen molar-refractivity contribution in [2.24, 2.45) is 0 Å². The number of amides is 1. The number of aromatic nitrogens is 1. The lowest BCUT2D eigenvalue weighted by atomic mass is 9.88. The molecule has 2 aromatic rings. The SMILES string of the molecule is CCS(=O)(=O)NC1CCCc2c1cncc2N1Cc2cc(Cl)ccc2C1=O. The highest BCUT2D eigenvalue weighted by atomic mass is 35.5. The van der Waals surface area contributed by atoms with Gasteiger partial charge in [-0.15, -0.1) is 0 Å². The first kappa shape index (κ1) is 18.4. The van der Waals surface area contributed by atoms with E-state index in [0.717, 1.165) is 41.6 Å². The third-order valence-corrected chi connectivity index (χ3v) is 6.87. The number of nitrogens with zero attached hydrogens (tertiary/aromatic N) is 2. The largest absolute Gasteiger partial charge is 0.302 e. The molecular formula is C19H20ClN3O3S. The van der Waals surface area contributed by atoms with Crippen LogP contribution in [0.2, 0.25) is 5.02 Å². The van der Waals surface area contributed by atoms with Gasteiger partial charge in [0, 0.05) is 22.8 Å². The molecular weight excluding hydrogens is 386 g/mol. The van der Waals surface area contributed by atoms with Crippen LogP contribution in [0.1, 0.15) is 52.9 Å². The molecule has 1 atom stereocenters. The number of fused-ring (bicyclic) bond motifs is 2. The molecule has 0 saturated carbocycles. The van der Waals surface area contributed by atoms with Gasteiger partial charge in [0.1, 0.15) is 0 Å². The second kappa shape index (κ2) is 6.89. The third kappa shape index (κ3) is 3.35. The zero-order chi connectivity index (χ0) is 19.2. The van der Waals surface area contributed by atoms with Gasteiger partial charge >= 0.3 is 0 Å². The van der Waals surface area contributed by atoms with Crippen molar-refractivity contribution in [2.75, 3.05) is 10.7 Å². The monoisotopic (exact) mass is 405 g/mol. The van der Waals surface area contributed by atoms with E-state index in [1.807, 2.05) is 6.07 Å². The van der Waals surface area contributed by atoms with Crippen LogP contribution < -0.4 is 9.62 Å². The lowest BCUT2D eigenvalue weighted by molar-refractivity contribution is 0.0996. The molecule has 1 aromatic heterocycles. The van der Waals surface area contributed by atoms with Gasteiger partial charge < -0.3 is 4.90 Å². The fourth-order valence-electron chi connectivity index (χ4n) is 3.84. The van der Waals surface area contributed by atoms with Gasteiger partial charge in [0.05, 0.1) is 24.2 Å². The van der Waals surface area contributed by atoms with Crippen LogP contribution in [0.25, 0.3) is 0 Å². The van der Waals surface area contributed by atoms with Crippen LogP contribution >= 0.6 is 11.6 Å². The summed E-state index contributed by atoms with van der Waals surface area (Å²) in [5.74, 6) is -0.0414. The second-order valence-corrected chi connectivity index (χ2v) is 9.36. The van der Waals surface area contributed by atoms with E-state index < -0.39 is 10.0 Å². The molecule has 0 radical (unpaired) electrons. The average molecular weight is 406 g/mol. The maximum Gasteiger partial charge on any atom is 0.258 e. The number of sulfonamides is 1. The van der Waals surface area contributed by atoms with Crippen LogP contribution in [0.15, 0.2) is 30.6 Å². The molecule has 0 spiro atoms. The minimum absolute atomic E-state index is 0.0344. The Morgan fingerprint density at radius 3 is 2.93 bits per heavy atom. The van der Waals surface area contributed by atoms with Crippen LogP contribution in [0, 0.1) is 0 Å². The Hall–Kier alpha value is -1.96. The van der Waals surface area contributed by atoms with E-state index in [0.29, 0.717) is 17.1 Å². The molecule has 27 heavy (non-hydrogen) atoms. The predicted octanol–water partition coefficient (Wildman–Crippen LogP) is 3.21. The second-order valence-electron chi connectivity index (χ2n) is 6.89. The fourth-order valence-corrected chi connectivity index (χ4v) is 4.88. The summed E-state index contributed by atoms with van der Waals surface area (Å²) in [4.78, 5) is 18.9. The lowest BCUT2D eigenvalue weighted by Crippen LogP contribution is -2.33. The van der Waals surface area contributed by atoms with E-state index in [1.54, 1.807) is 36.4 Å². The lowest BCUT2D eigenvalue weighted by Gasteiger charge is -2.29. The molecule has 1 N–H and O–H groups in total. The summed E-state index contributed by atoms with van der Waals surface area (Å²) in [6.07, 6.45) is 5.77. The van der Waals surface area contributed by atoms with Gasteiger partial charge in [-0.2, -0.15) is 0 Å². The van der Waals surface area contributed by atoms with Crippen LogP contribution in [-0.2, 0) is 23.0 Å². The summed E-state index contributed by atoms with van der Waals surface area (Å²) in [6.45, 7) is 2.06. The van der Waals surface area contributed by atoms with Gasteiger partial charge in [-0.1, -0.05) is 11.6 Å². The van der Waals surface area contributed by atoms with E-state index in [1.165, 1.54) is 0 Å². The van der Waals surface area contributed by atoms with Gasteiger partial charge in [0.15, 0.2) is 0 Å². The van der Waals surface area contributed by atoms with Gasteiger partial charge in [-0.25, -0.2) is 13.1 Å². The molecule has 6 nitrogen and oxygen atoms in total. The van der Waals surface area contributed by atoms with E-state index in [2.05, 4.69) is 9.71 Å². The highest BCUT2D eigenvalue weighted by Crippen LogP contribution is 2.38. The number of rotatable bonds is 4. The van der Waals surface area contributed by atoms with Crippen LogP contribution in [0.4, 0.5) is 5.69 Å². The Kier molecular flexibility index (Phi) is 4.70. The molecule has 0 bridgehead atoms. The number of carbonyl (C=O) groups is 1. The van der Waals surface area contributed by atoms with Crippen molar-refractivity contribution >= 4 is 33.2 Å². The zero-order valence-corrected chi connectivity index (χ0v) is 16.5. The minimum Gasteiger partial charge on any atom is -0.302 e. The summed E-state index contributed by atoms with van der Waals surface area (Å²) in [7, 11) is -3.33. The molecule has 4 rings (SSSR count). The molecule has 1 aliphatic carbocycles.